The second-order valence-electron chi connectivity index (χ2n) is 6.87. The molecule has 0 amide bonds. The lowest BCUT2D eigenvalue weighted by atomic mass is 10.1. The SMILES string of the molecule is COc1ccc(C(=O)OCc2cc(F)cc3c2OC(c2ccccc2)OC3)c(OC)c1. The molecule has 1 aliphatic heterocycles. The second-order valence-corrected chi connectivity index (χ2v) is 6.87. The van der Waals surface area contributed by atoms with Crippen molar-refractivity contribution < 1.29 is 32.9 Å². The number of hydrogen-bond donors (Lipinski definition) is 0. The standard InChI is InChI=1S/C24H21FO6/c1-27-19-8-9-20(21(12-19)28-2)23(26)29-13-16-10-18(25)11-17-14-30-24(31-22(16)17)15-6-4-3-5-7-15/h3-12,24H,13-14H2,1-2H3. The van der Waals surface area contributed by atoms with Crippen molar-refractivity contribution in [1.29, 1.82) is 0 Å². The van der Waals surface area contributed by atoms with Gasteiger partial charge in [0.2, 0.25) is 6.29 Å². The second kappa shape index (κ2) is 9.06. The van der Waals surface area contributed by atoms with E-state index in [1.54, 1.807) is 18.2 Å². The number of carbonyl (C=O) groups excluding carboxylic acids is 1. The van der Waals surface area contributed by atoms with Gasteiger partial charge in [-0.3, -0.25) is 0 Å². The van der Waals surface area contributed by atoms with E-state index in [-0.39, 0.29) is 18.8 Å². The van der Waals surface area contributed by atoms with Crippen LogP contribution in [0.3, 0.4) is 0 Å². The van der Waals surface area contributed by atoms with Gasteiger partial charge in [-0.1, -0.05) is 30.3 Å². The molecule has 1 atom stereocenters. The minimum Gasteiger partial charge on any atom is -0.497 e. The van der Waals surface area contributed by atoms with Gasteiger partial charge in [-0.25, -0.2) is 9.18 Å². The van der Waals surface area contributed by atoms with E-state index in [1.165, 1.54) is 26.4 Å². The van der Waals surface area contributed by atoms with Gasteiger partial charge in [-0.05, 0) is 24.3 Å². The van der Waals surface area contributed by atoms with E-state index < -0.39 is 18.1 Å². The Morgan fingerprint density at radius 2 is 1.87 bits per heavy atom. The number of fused-ring (bicyclic) bond motifs is 1. The number of carbonyl (C=O) groups is 1. The van der Waals surface area contributed by atoms with Crippen molar-refractivity contribution in [2.24, 2.45) is 0 Å². The summed E-state index contributed by atoms with van der Waals surface area (Å²) in [5.74, 6) is 0.254. The highest BCUT2D eigenvalue weighted by molar-refractivity contribution is 5.92. The molecular formula is C24H21FO6. The highest BCUT2D eigenvalue weighted by Gasteiger charge is 2.26. The summed E-state index contributed by atoms with van der Waals surface area (Å²) in [4.78, 5) is 12.6. The van der Waals surface area contributed by atoms with Crippen LogP contribution in [0.2, 0.25) is 0 Å². The zero-order chi connectivity index (χ0) is 21.8. The molecule has 1 unspecified atom stereocenters. The molecule has 3 aromatic carbocycles. The minimum absolute atomic E-state index is 0.171. The number of halogens is 1. The third-order valence-corrected chi connectivity index (χ3v) is 4.88. The third-order valence-electron chi connectivity index (χ3n) is 4.88. The van der Waals surface area contributed by atoms with E-state index in [0.29, 0.717) is 28.4 Å². The molecule has 7 heteroatoms. The fourth-order valence-electron chi connectivity index (χ4n) is 3.35. The Kier molecular flexibility index (Phi) is 6.04. The smallest absolute Gasteiger partial charge is 0.342 e. The van der Waals surface area contributed by atoms with Gasteiger partial charge >= 0.3 is 5.97 Å². The van der Waals surface area contributed by atoms with Crippen LogP contribution in [0.4, 0.5) is 4.39 Å². The number of rotatable bonds is 6. The Hall–Kier alpha value is -3.58. The zero-order valence-corrected chi connectivity index (χ0v) is 17.1. The Bertz CT molecular complexity index is 1080. The van der Waals surface area contributed by atoms with Gasteiger partial charge in [-0.2, -0.15) is 0 Å². The third kappa shape index (κ3) is 4.46. The molecule has 0 aliphatic carbocycles. The van der Waals surface area contributed by atoms with Crippen LogP contribution in [-0.4, -0.2) is 20.2 Å². The molecule has 1 heterocycles. The predicted octanol–water partition coefficient (Wildman–Crippen LogP) is 4.81. The maximum Gasteiger partial charge on any atom is 0.342 e. The highest BCUT2D eigenvalue weighted by Crippen LogP contribution is 2.37. The molecule has 0 fully saturated rings. The average Bonchev–Trinajstić information content (AvgIpc) is 2.82. The van der Waals surface area contributed by atoms with E-state index in [1.807, 2.05) is 30.3 Å². The molecule has 160 valence electrons. The number of hydrogen-bond acceptors (Lipinski definition) is 6. The van der Waals surface area contributed by atoms with E-state index in [9.17, 15) is 9.18 Å². The van der Waals surface area contributed by atoms with Crippen LogP contribution in [0.25, 0.3) is 0 Å². The lowest BCUT2D eigenvalue weighted by Crippen LogP contribution is -2.20. The molecule has 0 N–H and O–H groups in total. The summed E-state index contributed by atoms with van der Waals surface area (Å²) < 4.78 is 41.7. The summed E-state index contributed by atoms with van der Waals surface area (Å²) in [6, 6.07) is 16.9. The monoisotopic (exact) mass is 424 g/mol. The largest absolute Gasteiger partial charge is 0.497 e. The summed E-state index contributed by atoms with van der Waals surface area (Å²) in [5.41, 5.74) is 2.05. The van der Waals surface area contributed by atoms with Crippen LogP contribution in [0.5, 0.6) is 17.2 Å². The van der Waals surface area contributed by atoms with Crippen LogP contribution in [-0.2, 0) is 22.7 Å². The van der Waals surface area contributed by atoms with Crippen molar-refractivity contribution in [3.05, 3.63) is 88.7 Å². The topological polar surface area (TPSA) is 63.2 Å². The predicted molar refractivity (Wildman–Crippen MR) is 110 cm³/mol. The molecule has 3 aromatic rings. The van der Waals surface area contributed by atoms with Crippen molar-refractivity contribution in [3.63, 3.8) is 0 Å². The Labute approximate surface area is 179 Å². The zero-order valence-electron chi connectivity index (χ0n) is 17.1. The Balaban J connectivity index is 1.55. The summed E-state index contributed by atoms with van der Waals surface area (Å²) in [5, 5.41) is 0. The van der Waals surface area contributed by atoms with Crippen molar-refractivity contribution in [2.45, 2.75) is 19.5 Å². The fraction of sp³-hybridized carbons (Fsp3) is 0.208. The van der Waals surface area contributed by atoms with Gasteiger partial charge in [0, 0.05) is 22.8 Å². The fourth-order valence-corrected chi connectivity index (χ4v) is 3.35. The molecule has 0 aromatic heterocycles. The summed E-state index contributed by atoms with van der Waals surface area (Å²) in [7, 11) is 2.97. The molecule has 6 nitrogen and oxygen atoms in total. The Morgan fingerprint density at radius 3 is 2.61 bits per heavy atom. The molecular weight excluding hydrogens is 403 g/mol. The maximum atomic E-state index is 14.1. The van der Waals surface area contributed by atoms with Gasteiger partial charge in [0.1, 0.15) is 35.2 Å². The van der Waals surface area contributed by atoms with Crippen LogP contribution in [0.1, 0.15) is 33.3 Å². The van der Waals surface area contributed by atoms with Crippen molar-refractivity contribution >= 4 is 5.97 Å². The molecule has 1 aliphatic rings. The normalized spacial score (nSPS) is 14.9. The van der Waals surface area contributed by atoms with Gasteiger partial charge in [0.25, 0.3) is 0 Å². The quantitative estimate of drug-likeness (QED) is 0.530. The van der Waals surface area contributed by atoms with Gasteiger partial charge < -0.3 is 23.7 Å². The maximum absolute atomic E-state index is 14.1. The van der Waals surface area contributed by atoms with Gasteiger partial charge in [0.15, 0.2) is 0 Å². The van der Waals surface area contributed by atoms with Crippen LogP contribution in [0.15, 0.2) is 60.7 Å². The van der Waals surface area contributed by atoms with Crippen LogP contribution < -0.4 is 14.2 Å². The van der Waals surface area contributed by atoms with Crippen molar-refractivity contribution in [3.8, 4) is 17.2 Å². The molecule has 0 saturated heterocycles. The van der Waals surface area contributed by atoms with Gasteiger partial charge in [-0.15, -0.1) is 0 Å². The molecule has 0 radical (unpaired) electrons. The average molecular weight is 424 g/mol. The minimum atomic E-state index is -0.629. The van der Waals surface area contributed by atoms with Crippen molar-refractivity contribution in [2.75, 3.05) is 14.2 Å². The number of methoxy groups -OCH3 is 2. The molecule has 4 rings (SSSR count). The highest BCUT2D eigenvalue weighted by atomic mass is 19.1. The van der Waals surface area contributed by atoms with Crippen molar-refractivity contribution in [1.82, 2.24) is 0 Å². The number of ether oxygens (including phenoxy) is 5. The van der Waals surface area contributed by atoms with Gasteiger partial charge in [0.05, 0.1) is 20.8 Å². The van der Waals surface area contributed by atoms with Crippen LogP contribution >= 0.6 is 0 Å². The first-order chi connectivity index (χ1) is 15.1. The molecule has 0 saturated carbocycles. The first-order valence-electron chi connectivity index (χ1n) is 9.62. The first kappa shape index (κ1) is 20.7. The summed E-state index contributed by atoms with van der Waals surface area (Å²) >= 11 is 0. The molecule has 0 bridgehead atoms. The van der Waals surface area contributed by atoms with E-state index >= 15 is 0 Å². The number of esters is 1. The molecule has 31 heavy (non-hydrogen) atoms. The van der Waals surface area contributed by atoms with Crippen LogP contribution in [0, 0.1) is 5.82 Å². The first-order valence-corrected chi connectivity index (χ1v) is 9.62. The van der Waals surface area contributed by atoms with E-state index in [0.717, 1.165) is 5.56 Å². The lowest BCUT2D eigenvalue weighted by Gasteiger charge is -2.28. The number of benzene rings is 3. The van der Waals surface area contributed by atoms with E-state index in [2.05, 4.69) is 0 Å². The molecule has 0 spiro atoms. The lowest BCUT2D eigenvalue weighted by molar-refractivity contribution is -0.112. The summed E-state index contributed by atoms with van der Waals surface area (Å²) in [6.07, 6.45) is -0.629. The van der Waals surface area contributed by atoms with E-state index in [4.69, 9.17) is 23.7 Å². The Morgan fingerprint density at radius 1 is 1.06 bits per heavy atom. The summed E-state index contributed by atoms with van der Waals surface area (Å²) in [6.45, 7) is 0.00945.